The van der Waals surface area contributed by atoms with Crippen LogP contribution in [-0.2, 0) is 13.1 Å². The number of nitrogens with zero attached hydrogens (tertiary/aromatic N) is 4. The highest BCUT2D eigenvalue weighted by atomic mass is 16.5. The van der Waals surface area contributed by atoms with Crippen LogP contribution in [0.5, 0.6) is 5.75 Å². The number of hydrogen-bond donors (Lipinski definition) is 0. The number of hydrogen-bond acceptors (Lipinski definition) is 4. The molecule has 164 valence electrons. The molecule has 6 nitrogen and oxygen atoms in total. The van der Waals surface area contributed by atoms with Crippen LogP contribution in [-0.4, -0.2) is 39.0 Å². The Morgan fingerprint density at radius 1 is 1.00 bits per heavy atom. The highest BCUT2D eigenvalue weighted by Crippen LogP contribution is 2.23. The van der Waals surface area contributed by atoms with Gasteiger partial charge in [0.15, 0.2) is 0 Å². The van der Waals surface area contributed by atoms with E-state index in [-0.39, 0.29) is 5.91 Å². The number of benzene rings is 2. The van der Waals surface area contributed by atoms with Crippen LogP contribution in [0.4, 0.5) is 0 Å². The lowest BCUT2D eigenvalue weighted by molar-refractivity contribution is 0.0780. The molecule has 2 aromatic carbocycles. The van der Waals surface area contributed by atoms with E-state index < -0.39 is 0 Å². The molecule has 0 atom stereocenters. The van der Waals surface area contributed by atoms with E-state index in [1.807, 2.05) is 24.3 Å². The highest BCUT2D eigenvalue weighted by molar-refractivity contribution is 5.93. The van der Waals surface area contributed by atoms with Gasteiger partial charge < -0.3 is 14.2 Å². The number of ether oxygens (including phenoxy) is 1. The molecule has 1 amide bonds. The van der Waals surface area contributed by atoms with Gasteiger partial charge in [-0.2, -0.15) is 0 Å². The molecule has 0 fully saturated rings. The molecule has 0 bridgehead atoms. The number of pyridine rings is 1. The second-order valence-corrected chi connectivity index (χ2v) is 7.99. The molecule has 2 heterocycles. The van der Waals surface area contributed by atoms with Crippen molar-refractivity contribution in [2.24, 2.45) is 0 Å². The smallest absolute Gasteiger partial charge is 0.254 e. The van der Waals surface area contributed by atoms with Gasteiger partial charge in [0.2, 0.25) is 0 Å². The minimum absolute atomic E-state index is 0.0515. The zero-order valence-electron chi connectivity index (χ0n) is 18.8. The second kappa shape index (κ2) is 9.64. The Bertz CT molecular complexity index is 1200. The number of carbonyl (C=O) groups is 1. The first-order valence-corrected chi connectivity index (χ1v) is 10.8. The monoisotopic (exact) mass is 428 g/mol. The van der Waals surface area contributed by atoms with Gasteiger partial charge in [0.05, 0.1) is 24.2 Å². The molecule has 0 N–H and O–H groups in total. The van der Waals surface area contributed by atoms with E-state index in [1.54, 1.807) is 36.5 Å². The van der Waals surface area contributed by atoms with Crippen LogP contribution in [0, 0.1) is 13.8 Å². The van der Waals surface area contributed by atoms with Crippen molar-refractivity contribution < 1.29 is 9.53 Å². The van der Waals surface area contributed by atoms with E-state index in [0.717, 1.165) is 46.7 Å². The van der Waals surface area contributed by atoms with Gasteiger partial charge in [-0.15, -0.1) is 0 Å². The van der Waals surface area contributed by atoms with E-state index in [9.17, 15) is 4.79 Å². The quantitative estimate of drug-likeness (QED) is 0.379. The molecular formula is C26H28N4O2. The number of rotatable bonds is 8. The summed E-state index contributed by atoms with van der Waals surface area (Å²) in [6.45, 7) is 5.94. The topological polar surface area (TPSA) is 60.2 Å². The number of aromatic nitrogens is 3. The lowest BCUT2D eigenvalue weighted by atomic mass is 10.1. The number of amides is 1. The fourth-order valence-electron chi connectivity index (χ4n) is 3.92. The zero-order valence-corrected chi connectivity index (χ0v) is 18.8. The summed E-state index contributed by atoms with van der Waals surface area (Å²) < 4.78 is 8.28. The first-order chi connectivity index (χ1) is 15.5. The summed E-state index contributed by atoms with van der Waals surface area (Å²) in [7, 11) is 1.80. The van der Waals surface area contributed by atoms with Crippen molar-refractivity contribution in [2.75, 3.05) is 13.7 Å². The molecule has 0 aliphatic carbocycles. The number of imidazole rings is 1. The fourth-order valence-corrected chi connectivity index (χ4v) is 3.92. The third kappa shape index (κ3) is 4.64. The average Bonchev–Trinajstić information content (AvgIpc) is 3.15. The maximum Gasteiger partial charge on any atom is 0.254 e. The van der Waals surface area contributed by atoms with E-state index in [0.29, 0.717) is 18.7 Å². The predicted octanol–water partition coefficient (Wildman–Crippen LogP) is 4.79. The lowest BCUT2D eigenvalue weighted by Gasteiger charge is -2.18. The van der Waals surface area contributed by atoms with Crippen molar-refractivity contribution in [1.29, 1.82) is 0 Å². The number of para-hydroxylation sites is 3. The largest absolute Gasteiger partial charge is 0.493 e. The number of carbonyl (C=O) groups excluding carboxylic acids is 1. The van der Waals surface area contributed by atoms with Crippen molar-refractivity contribution in [1.82, 2.24) is 19.4 Å². The molecule has 4 rings (SSSR count). The first-order valence-electron chi connectivity index (χ1n) is 10.8. The van der Waals surface area contributed by atoms with Crippen LogP contribution < -0.4 is 4.74 Å². The lowest BCUT2D eigenvalue weighted by Crippen LogP contribution is -2.28. The van der Waals surface area contributed by atoms with Crippen LogP contribution in [0.1, 0.15) is 33.7 Å². The Hall–Kier alpha value is -3.67. The van der Waals surface area contributed by atoms with Gasteiger partial charge in [0.25, 0.3) is 5.91 Å². The standard InChI is InChI=1S/C26H28N4O2/c1-19-8-6-9-20(2)25(19)32-17-7-16-30-23-11-5-4-10-22(23)28-24(30)18-29(3)26(31)21-12-14-27-15-13-21/h4-6,8-15H,7,16-18H2,1-3H3. The maximum absolute atomic E-state index is 12.8. The normalized spacial score (nSPS) is 11.0. The Morgan fingerprint density at radius 3 is 2.47 bits per heavy atom. The van der Waals surface area contributed by atoms with Crippen LogP contribution >= 0.6 is 0 Å². The predicted molar refractivity (Wildman–Crippen MR) is 126 cm³/mol. The molecular weight excluding hydrogens is 400 g/mol. The Kier molecular flexibility index (Phi) is 6.50. The minimum Gasteiger partial charge on any atom is -0.493 e. The molecule has 32 heavy (non-hydrogen) atoms. The number of aryl methyl sites for hydroxylation is 3. The summed E-state index contributed by atoms with van der Waals surface area (Å²) in [5.41, 5.74) is 4.92. The summed E-state index contributed by atoms with van der Waals surface area (Å²) in [5.74, 6) is 1.78. The van der Waals surface area contributed by atoms with Crippen molar-refractivity contribution in [3.8, 4) is 5.75 Å². The van der Waals surface area contributed by atoms with Crippen molar-refractivity contribution in [2.45, 2.75) is 33.4 Å². The van der Waals surface area contributed by atoms with Gasteiger partial charge in [-0.1, -0.05) is 30.3 Å². The maximum atomic E-state index is 12.8. The van der Waals surface area contributed by atoms with Gasteiger partial charge in [-0.3, -0.25) is 9.78 Å². The van der Waals surface area contributed by atoms with E-state index in [2.05, 4.69) is 41.6 Å². The van der Waals surface area contributed by atoms with Crippen LogP contribution in [0.25, 0.3) is 11.0 Å². The Morgan fingerprint density at radius 2 is 1.72 bits per heavy atom. The van der Waals surface area contributed by atoms with Crippen molar-refractivity contribution in [3.05, 3.63) is 89.5 Å². The summed E-state index contributed by atoms with van der Waals surface area (Å²) in [4.78, 5) is 23.3. The van der Waals surface area contributed by atoms with Crippen LogP contribution in [0.15, 0.2) is 67.0 Å². The summed E-state index contributed by atoms with van der Waals surface area (Å²) in [6.07, 6.45) is 4.10. The van der Waals surface area contributed by atoms with E-state index >= 15 is 0 Å². The number of fused-ring (bicyclic) bond motifs is 1. The molecule has 0 aliphatic rings. The van der Waals surface area contributed by atoms with Crippen LogP contribution in [0.2, 0.25) is 0 Å². The van der Waals surface area contributed by atoms with E-state index in [1.165, 1.54) is 0 Å². The molecule has 0 aliphatic heterocycles. The Labute approximate surface area is 188 Å². The second-order valence-electron chi connectivity index (χ2n) is 7.99. The molecule has 0 spiro atoms. The summed E-state index contributed by atoms with van der Waals surface area (Å²) >= 11 is 0. The third-order valence-corrected chi connectivity index (χ3v) is 5.57. The SMILES string of the molecule is Cc1cccc(C)c1OCCCn1c(CN(C)C(=O)c2ccncc2)nc2ccccc21. The zero-order chi connectivity index (χ0) is 22.5. The first kappa shape index (κ1) is 21.6. The van der Waals surface area contributed by atoms with Crippen molar-refractivity contribution >= 4 is 16.9 Å². The van der Waals surface area contributed by atoms with Gasteiger partial charge in [0.1, 0.15) is 11.6 Å². The minimum atomic E-state index is -0.0515. The fraction of sp³-hybridized carbons (Fsp3) is 0.269. The van der Waals surface area contributed by atoms with Crippen molar-refractivity contribution in [3.63, 3.8) is 0 Å². The Balaban J connectivity index is 1.48. The highest BCUT2D eigenvalue weighted by Gasteiger charge is 2.17. The molecule has 4 aromatic rings. The molecule has 0 saturated heterocycles. The van der Waals surface area contributed by atoms with E-state index in [4.69, 9.17) is 9.72 Å². The summed E-state index contributed by atoms with van der Waals surface area (Å²) in [6, 6.07) is 17.7. The van der Waals surface area contributed by atoms with Gasteiger partial charge in [-0.25, -0.2) is 4.98 Å². The molecule has 0 saturated carbocycles. The molecule has 0 unspecified atom stereocenters. The third-order valence-electron chi connectivity index (χ3n) is 5.57. The molecule has 6 heteroatoms. The van der Waals surface area contributed by atoms with Gasteiger partial charge >= 0.3 is 0 Å². The molecule has 2 aromatic heterocycles. The van der Waals surface area contributed by atoms with Crippen LogP contribution in [0.3, 0.4) is 0 Å². The molecule has 0 radical (unpaired) electrons. The van der Waals surface area contributed by atoms with Gasteiger partial charge in [0, 0.05) is 31.5 Å². The summed E-state index contributed by atoms with van der Waals surface area (Å²) in [5, 5.41) is 0. The average molecular weight is 429 g/mol. The van der Waals surface area contributed by atoms with Gasteiger partial charge in [-0.05, 0) is 55.7 Å².